The van der Waals surface area contributed by atoms with Crippen molar-refractivity contribution in [1.29, 1.82) is 0 Å². The van der Waals surface area contributed by atoms with Gasteiger partial charge in [0.1, 0.15) is 6.54 Å². The van der Waals surface area contributed by atoms with Gasteiger partial charge in [-0.05, 0) is 41.6 Å². The Balaban J connectivity index is 1.63. The number of anilines is 1. The van der Waals surface area contributed by atoms with Crippen molar-refractivity contribution >= 4 is 17.5 Å². The van der Waals surface area contributed by atoms with Gasteiger partial charge in [0.25, 0.3) is 0 Å². The number of amides is 2. The fraction of sp³-hybridized carbons (Fsp3) is 0.118. The van der Waals surface area contributed by atoms with Crippen LogP contribution < -0.4 is 11.1 Å². The quantitative estimate of drug-likeness (QED) is 0.692. The summed E-state index contributed by atoms with van der Waals surface area (Å²) >= 11 is 0. The Hall–Kier alpha value is -3.76. The van der Waals surface area contributed by atoms with Gasteiger partial charge in [-0.25, -0.2) is 0 Å². The molecule has 3 aromatic rings. The largest absolute Gasteiger partial charge is 0.416 e. The van der Waals surface area contributed by atoms with E-state index in [-0.39, 0.29) is 18.1 Å². The van der Waals surface area contributed by atoms with Gasteiger partial charge >= 0.3 is 6.18 Å². The number of hydrogen-bond acceptors (Lipinski definition) is 5. The normalized spacial score (nSPS) is 11.2. The van der Waals surface area contributed by atoms with Crippen molar-refractivity contribution in [1.82, 2.24) is 20.2 Å². The fourth-order valence-corrected chi connectivity index (χ4v) is 2.28. The molecule has 0 fully saturated rings. The van der Waals surface area contributed by atoms with Crippen molar-refractivity contribution in [2.75, 3.05) is 5.32 Å². The number of carbonyl (C=O) groups excluding carboxylic acids is 2. The van der Waals surface area contributed by atoms with Crippen LogP contribution in [0.5, 0.6) is 0 Å². The van der Waals surface area contributed by atoms with E-state index < -0.39 is 23.6 Å². The molecule has 144 valence electrons. The molecule has 3 rings (SSSR count). The minimum atomic E-state index is -4.45. The molecule has 0 aliphatic rings. The molecule has 11 heteroatoms. The molecule has 28 heavy (non-hydrogen) atoms. The lowest BCUT2D eigenvalue weighted by molar-refractivity contribution is -0.137. The summed E-state index contributed by atoms with van der Waals surface area (Å²) in [6, 6.07) is 10.2. The molecule has 2 aromatic carbocycles. The lowest BCUT2D eigenvalue weighted by atomic mass is 10.1. The highest BCUT2D eigenvalue weighted by Crippen LogP contribution is 2.29. The SMILES string of the molecule is NC(=O)c1ccc(-c2nnn(CC(=O)Nc3ccc(C(F)(F)F)cc3)n2)cc1. The van der Waals surface area contributed by atoms with Gasteiger partial charge in [-0.1, -0.05) is 12.1 Å². The fourth-order valence-electron chi connectivity index (χ4n) is 2.28. The third-order valence-electron chi connectivity index (χ3n) is 3.66. The highest BCUT2D eigenvalue weighted by Gasteiger charge is 2.30. The van der Waals surface area contributed by atoms with E-state index in [1.807, 2.05) is 0 Å². The Morgan fingerprint density at radius 2 is 1.68 bits per heavy atom. The minimum Gasteiger partial charge on any atom is -0.366 e. The number of carbonyl (C=O) groups is 2. The van der Waals surface area contributed by atoms with Crippen molar-refractivity contribution in [2.24, 2.45) is 5.73 Å². The molecule has 1 heterocycles. The maximum atomic E-state index is 12.5. The van der Waals surface area contributed by atoms with Crippen LogP contribution in [0.4, 0.5) is 18.9 Å². The summed E-state index contributed by atoms with van der Waals surface area (Å²) < 4.78 is 37.6. The molecular weight excluding hydrogens is 377 g/mol. The average Bonchev–Trinajstić information content (AvgIpc) is 3.09. The third-order valence-corrected chi connectivity index (χ3v) is 3.66. The van der Waals surface area contributed by atoms with Crippen LogP contribution in [0.2, 0.25) is 0 Å². The number of primary amides is 1. The van der Waals surface area contributed by atoms with Crippen LogP contribution in [0.15, 0.2) is 48.5 Å². The summed E-state index contributed by atoms with van der Waals surface area (Å²) in [5, 5.41) is 14.1. The summed E-state index contributed by atoms with van der Waals surface area (Å²) in [5.41, 5.74) is 5.46. The van der Waals surface area contributed by atoms with E-state index in [9.17, 15) is 22.8 Å². The first kappa shape index (κ1) is 19.0. The highest BCUT2D eigenvalue weighted by molar-refractivity contribution is 5.93. The Morgan fingerprint density at radius 1 is 1.04 bits per heavy atom. The smallest absolute Gasteiger partial charge is 0.366 e. The number of halogens is 3. The first-order valence-electron chi connectivity index (χ1n) is 7.87. The maximum absolute atomic E-state index is 12.5. The van der Waals surface area contributed by atoms with Crippen LogP contribution in [0.1, 0.15) is 15.9 Å². The second-order valence-electron chi connectivity index (χ2n) is 5.71. The van der Waals surface area contributed by atoms with Gasteiger partial charge in [-0.2, -0.15) is 18.0 Å². The molecule has 0 saturated carbocycles. The minimum absolute atomic E-state index is 0.209. The molecule has 1 aromatic heterocycles. The van der Waals surface area contributed by atoms with Crippen molar-refractivity contribution < 1.29 is 22.8 Å². The lowest BCUT2D eigenvalue weighted by Crippen LogP contribution is -2.20. The summed E-state index contributed by atoms with van der Waals surface area (Å²) in [7, 11) is 0. The Kier molecular flexibility index (Phi) is 5.07. The first-order chi connectivity index (χ1) is 13.2. The zero-order valence-electron chi connectivity index (χ0n) is 14.1. The van der Waals surface area contributed by atoms with Crippen LogP contribution in [0.3, 0.4) is 0 Å². The molecule has 0 bridgehead atoms. The van der Waals surface area contributed by atoms with E-state index in [0.717, 1.165) is 29.1 Å². The Morgan fingerprint density at radius 3 is 2.25 bits per heavy atom. The third kappa shape index (κ3) is 4.50. The number of rotatable bonds is 5. The zero-order valence-corrected chi connectivity index (χ0v) is 14.1. The van der Waals surface area contributed by atoms with Gasteiger partial charge in [0.15, 0.2) is 0 Å². The van der Waals surface area contributed by atoms with Crippen LogP contribution >= 0.6 is 0 Å². The van der Waals surface area contributed by atoms with E-state index in [1.54, 1.807) is 12.1 Å². The van der Waals surface area contributed by atoms with Crippen LogP contribution in [0, 0.1) is 0 Å². The molecule has 0 saturated heterocycles. The van der Waals surface area contributed by atoms with E-state index in [4.69, 9.17) is 5.73 Å². The predicted molar refractivity (Wildman–Crippen MR) is 91.8 cm³/mol. The second kappa shape index (κ2) is 7.47. The first-order valence-corrected chi connectivity index (χ1v) is 7.87. The molecule has 0 unspecified atom stereocenters. The average molecular weight is 390 g/mol. The van der Waals surface area contributed by atoms with E-state index >= 15 is 0 Å². The molecular formula is C17H13F3N6O2. The van der Waals surface area contributed by atoms with E-state index in [0.29, 0.717) is 11.1 Å². The summed E-state index contributed by atoms with van der Waals surface area (Å²) in [6.07, 6.45) is -4.45. The molecule has 0 atom stereocenters. The summed E-state index contributed by atoms with van der Waals surface area (Å²) in [4.78, 5) is 24.1. The van der Waals surface area contributed by atoms with E-state index in [1.165, 1.54) is 12.1 Å². The standard InChI is InChI=1S/C17H13F3N6O2/c18-17(19,20)12-5-7-13(8-6-12)22-14(27)9-26-24-16(23-25-26)11-3-1-10(2-4-11)15(21)28/h1-8H,9H2,(H2,21,28)(H,22,27). The number of hydrogen-bond donors (Lipinski definition) is 2. The Labute approximate surface area is 156 Å². The lowest BCUT2D eigenvalue weighted by Gasteiger charge is -2.08. The number of nitrogens with zero attached hydrogens (tertiary/aromatic N) is 4. The second-order valence-corrected chi connectivity index (χ2v) is 5.71. The van der Waals surface area contributed by atoms with E-state index in [2.05, 4.69) is 20.7 Å². The molecule has 0 radical (unpaired) electrons. The molecule has 0 aliphatic carbocycles. The van der Waals surface area contributed by atoms with Crippen molar-refractivity contribution in [3.05, 3.63) is 59.7 Å². The van der Waals surface area contributed by atoms with Crippen molar-refractivity contribution in [3.8, 4) is 11.4 Å². The molecule has 3 N–H and O–H groups in total. The van der Waals surface area contributed by atoms with Crippen molar-refractivity contribution in [2.45, 2.75) is 12.7 Å². The predicted octanol–water partition coefficient (Wildman–Crippen LogP) is 2.10. The monoisotopic (exact) mass is 390 g/mol. The highest BCUT2D eigenvalue weighted by atomic mass is 19.4. The molecule has 0 spiro atoms. The number of tetrazole rings is 1. The number of nitrogens with two attached hydrogens (primary N) is 1. The topological polar surface area (TPSA) is 116 Å². The van der Waals surface area contributed by atoms with Crippen molar-refractivity contribution in [3.63, 3.8) is 0 Å². The maximum Gasteiger partial charge on any atom is 0.416 e. The van der Waals surface area contributed by atoms with Gasteiger partial charge in [-0.3, -0.25) is 9.59 Å². The van der Waals surface area contributed by atoms with Gasteiger partial charge in [0, 0.05) is 16.8 Å². The van der Waals surface area contributed by atoms with Gasteiger partial charge in [0.05, 0.1) is 5.56 Å². The number of aromatic nitrogens is 4. The number of alkyl halides is 3. The van der Waals surface area contributed by atoms with Crippen LogP contribution in [-0.2, 0) is 17.5 Å². The molecule has 2 amide bonds. The van der Waals surface area contributed by atoms with Gasteiger partial charge in [-0.15, -0.1) is 10.2 Å². The summed E-state index contributed by atoms with van der Waals surface area (Å²) in [5.74, 6) is -0.866. The zero-order chi connectivity index (χ0) is 20.3. The summed E-state index contributed by atoms with van der Waals surface area (Å²) in [6.45, 7) is -0.284. The number of benzene rings is 2. The Bertz CT molecular complexity index is 997. The van der Waals surface area contributed by atoms with Gasteiger partial charge < -0.3 is 11.1 Å². The molecule has 0 aliphatic heterocycles. The molecule has 8 nitrogen and oxygen atoms in total. The number of nitrogens with one attached hydrogen (secondary N) is 1. The van der Waals surface area contributed by atoms with Gasteiger partial charge in [0.2, 0.25) is 17.6 Å². The van der Waals surface area contributed by atoms with Crippen LogP contribution in [-0.4, -0.2) is 32.0 Å². The van der Waals surface area contributed by atoms with Crippen LogP contribution in [0.25, 0.3) is 11.4 Å².